The fourth-order valence-electron chi connectivity index (χ4n) is 2.15. The number of aromatic nitrogens is 3. The highest BCUT2D eigenvalue weighted by Gasteiger charge is 2.12. The van der Waals surface area contributed by atoms with Gasteiger partial charge in [-0.15, -0.1) is 0 Å². The van der Waals surface area contributed by atoms with Crippen LogP contribution in [-0.4, -0.2) is 21.1 Å². The zero-order valence-electron chi connectivity index (χ0n) is 11.0. The molecule has 0 saturated heterocycles. The van der Waals surface area contributed by atoms with Crippen LogP contribution in [-0.2, 0) is 0 Å². The maximum absolute atomic E-state index is 11.3. The number of aldehydes is 1. The number of benzene rings is 1. The molecule has 3 aromatic rings. The molecular formula is C16H13N3O. The molecule has 3 rings (SSSR count). The Bertz CT molecular complexity index is 747. The van der Waals surface area contributed by atoms with Crippen LogP contribution in [0.15, 0.2) is 55.0 Å². The summed E-state index contributed by atoms with van der Waals surface area (Å²) < 4.78 is 1.74. The van der Waals surface area contributed by atoms with E-state index < -0.39 is 0 Å². The average molecular weight is 263 g/mol. The van der Waals surface area contributed by atoms with Crippen molar-refractivity contribution in [2.75, 3.05) is 0 Å². The van der Waals surface area contributed by atoms with Gasteiger partial charge in [0.05, 0.1) is 11.3 Å². The van der Waals surface area contributed by atoms with E-state index in [0.29, 0.717) is 11.3 Å². The fourth-order valence-corrected chi connectivity index (χ4v) is 2.15. The highest BCUT2D eigenvalue weighted by Crippen LogP contribution is 2.22. The van der Waals surface area contributed by atoms with Crippen LogP contribution in [0.4, 0.5) is 0 Å². The van der Waals surface area contributed by atoms with E-state index in [1.54, 1.807) is 23.3 Å². The van der Waals surface area contributed by atoms with Crippen molar-refractivity contribution in [3.63, 3.8) is 0 Å². The smallest absolute Gasteiger partial charge is 0.153 e. The SMILES string of the molecule is Cc1ccccc1-n1cc(C=O)c(-c2ccncc2)n1. The Balaban J connectivity index is 2.15. The molecule has 0 aliphatic carbocycles. The van der Waals surface area contributed by atoms with Crippen LogP contribution in [0.2, 0.25) is 0 Å². The van der Waals surface area contributed by atoms with Crippen molar-refractivity contribution in [1.82, 2.24) is 14.8 Å². The molecule has 0 unspecified atom stereocenters. The number of carbonyl (C=O) groups excluding carboxylic acids is 1. The van der Waals surface area contributed by atoms with Crippen LogP contribution in [0, 0.1) is 6.92 Å². The third kappa shape index (κ3) is 2.12. The number of hydrogen-bond donors (Lipinski definition) is 0. The summed E-state index contributed by atoms with van der Waals surface area (Å²) in [6.07, 6.45) is 5.97. The average Bonchev–Trinajstić information content (AvgIpc) is 2.92. The summed E-state index contributed by atoms with van der Waals surface area (Å²) in [5.74, 6) is 0. The summed E-state index contributed by atoms with van der Waals surface area (Å²) in [6.45, 7) is 2.02. The van der Waals surface area contributed by atoms with E-state index in [1.165, 1.54) is 0 Å². The Morgan fingerprint density at radius 3 is 2.55 bits per heavy atom. The molecule has 0 atom stereocenters. The van der Waals surface area contributed by atoms with Crippen molar-refractivity contribution in [2.45, 2.75) is 6.92 Å². The van der Waals surface area contributed by atoms with E-state index in [4.69, 9.17) is 0 Å². The predicted octanol–water partition coefficient (Wildman–Crippen LogP) is 3.06. The van der Waals surface area contributed by atoms with Gasteiger partial charge in [-0.1, -0.05) is 18.2 Å². The normalized spacial score (nSPS) is 10.4. The Morgan fingerprint density at radius 1 is 1.10 bits per heavy atom. The Hall–Kier alpha value is -2.75. The zero-order valence-corrected chi connectivity index (χ0v) is 11.0. The topological polar surface area (TPSA) is 47.8 Å². The Kier molecular flexibility index (Phi) is 3.13. The third-order valence-corrected chi connectivity index (χ3v) is 3.19. The molecule has 0 amide bonds. The van der Waals surface area contributed by atoms with Gasteiger partial charge in [-0.05, 0) is 30.7 Å². The second-order valence-corrected chi connectivity index (χ2v) is 4.52. The van der Waals surface area contributed by atoms with Crippen LogP contribution >= 0.6 is 0 Å². The lowest BCUT2D eigenvalue weighted by Gasteiger charge is -2.04. The second kappa shape index (κ2) is 5.09. The quantitative estimate of drug-likeness (QED) is 0.682. The first kappa shape index (κ1) is 12.3. The number of nitrogens with zero attached hydrogens (tertiary/aromatic N) is 3. The van der Waals surface area contributed by atoms with Gasteiger partial charge in [0.15, 0.2) is 6.29 Å². The number of hydrogen-bond acceptors (Lipinski definition) is 3. The van der Waals surface area contributed by atoms with Gasteiger partial charge in [-0.25, -0.2) is 4.68 Å². The zero-order chi connectivity index (χ0) is 13.9. The van der Waals surface area contributed by atoms with Crippen molar-refractivity contribution in [2.24, 2.45) is 0 Å². The minimum Gasteiger partial charge on any atom is -0.298 e. The fraction of sp³-hybridized carbons (Fsp3) is 0.0625. The lowest BCUT2D eigenvalue weighted by molar-refractivity contribution is 0.112. The van der Waals surface area contributed by atoms with Crippen LogP contribution < -0.4 is 0 Å². The van der Waals surface area contributed by atoms with Crippen molar-refractivity contribution in [3.8, 4) is 16.9 Å². The molecule has 0 aliphatic heterocycles. The van der Waals surface area contributed by atoms with Crippen LogP contribution in [0.1, 0.15) is 15.9 Å². The summed E-state index contributed by atoms with van der Waals surface area (Å²) in [5, 5.41) is 4.54. The largest absolute Gasteiger partial charge is 0.298 e. The van der Waals surface area contributed by atoms with Gasteiger partial charge < -0.3 is 0 Å². The second-order valence-electron chi connectivity index (χ2n) is 4.52. The maximum Gasteiger partial charge on any atom is 0.153 e. The molecule has 0 saturated carbocycles. The van der Waals surface area contributed by atoms with Crippen molar-refractivity contribution < 1.29 is 4.79 Å². The number of pyridine rings is 1. The van der Waals surface area contributed by atoms with Gasteiger partial charge >= 0.3 is 0 Å². The van der Waals surface area contributed by atoms with E-state index in [0.717, 1.165) is 23.1 Å². The minimum absolute atomic E-state index is 0.569. The number of rotatable bonds is 3. The van der Waals surface area contributed by atoms with E-state index in [-0.39, 0.29) is 0 Å². The molecule has 2 heterocycles. The van der Waals surface area contributed by atoms with Crippen molar-refractivity contribution >= 4 is 6.29 Å². The van der Waals surface area contributed by atoms with Gasteiger partial charge in [0.2, 0.25) is 0 Å². The number of para-hydroxylation sites is 1. The molecule has 0 fully saturated rings. The van der Waals surface area contributed by atoms with Crippen molar-refractivity contribution in [3.05, 3.63) is 66.1 Å². The third-order valence-electron chi connectivity index (χ3n) is 3.19. The molecule has 0 N–H and O–H groups in total. The van der Waals surface area contributed by atoms with E-state index in [9.17, 15) is 4.79 Å². The maximum atomic E-state index is 11.3. The lowest BCUT2D eigenvalue weighted by Crippen LogP contribution is -1.97. The molecule has 20 heavy (non-hydrogen) atoms. The van der Waals surface area contributed by atoms with E-state index in [2.05, 4.69) is 10.1 Å². The summed E-state index contributed by atoms with van der Waals surface area (Å²) in [4.78, 5) is 15.2. The minimum atomic E-state index is 0.569. The lowest BCUT2D eigenvalue weighted by atomic mass is 10.1. The van der Waals surface area contributed by atoms with Crippen LogP contribution in [0.3, 0.4) is 0 Å². The molecular weight excluding hydrogens is 250 g/mol. The van der Waals surface area contributed by atoms with Gasteiger partial charge in [0.25, 0.3) is 0 Å². The van der Waals surface area contributed by atoms with Gasteiger partial charge in [0.1, 0.15) is 5.69 Å². The molecule has 4 heteroatoms. The molecule has 2 aromatic heterocycles. The van der Waals surface area contributed by atoms with Crippen molar-refractivity contribution in [1.29, 1.82) is 0 Å². The Labute approximate surface area is 116 Å². The summed E-state index contributed by atoms with van der Waals surface area (Å²) >= 11 is 0. The first-order chi connectivity index (χ1) is 9.79. The molecule has 0 radical (unpaired) electrons. The molecule has 0 spiro atoms. The highest BCUT2D eigenvalue weighted by molar-refractivity contribution is 5.85. The Morgan fingerprint density at radius 2 is 1.85 bits per heavy atom. The first-order valence-corrected chi connectivity index (χ1v) is 6.31. The van der Waals surface area contributed by atoms with Crippen LogP contribution in [0.25, 0.3) is 16.9 Å². The predicted molar refractivity (Wildman–Crippen MR) is 76.9 cm³/mol. The van der Waals surface area contributed by atoms with E-state index in [1.807, 2.05) is 43.3 Å². The summed E-state index contributed by atoms with van der Waals surface area (Å²) in [5.41, 5.74) is 4.20. The van der Waals surface area contributed by atoms with Gasteiger partial charge in [0, 0.05) is 24.2 Å². The van der Waals surface area contributed by atoms with Crippen LogP contribution in [0.5, 0.6) is 0 Å². The number of carbonyl (C=O) groups is 1. The molecule has 4 nitrogen and oxygen atoms in total. The summed E-state index contributed by atoms with van der Waals surface area (Å²) in [7, 11) is 0. The standard InChI is InChI=1S/C16H13N3O/c1-12-4-2-3-5-15(12)19-10-14(11-20)16(18-19)13-6-8-17-9-7-13/h2-11H,1H3. The number of aryl methyl sites for hydroxylation is 1. The molecule has 0 aliphatic rings. The van der Waals surface area contributed by atoms with Gasteiger partial charge in [-0.3, -0.25) is 9.78 Å². The van der Waals surface area contributed by atoms with Gasteiger partial charge in [-0.2, -0.15) is 5.10 Å². The molecule has 98 valence electrons. The monoisotopic (exact) mass is 263 g/mol. The molecule has 1 aromatic carbocycles. The van der Waals surface area contributed by atoms with E-state index >= 15 is 0 Å². The highest BCUT2D eigenvalue weighted by atomic mass is 16.1. The summed E-state index contributed by atoms with van der Waals surface area (Å²) in [6, 6.07) is 11.6. The first-order valence-electron chi connectivity index (χ1n) is 6.31. The molecule has 0 bridgehead atoms.